The molecule has 0 saturated carbocycles. The minimum Gasteiger partial charge on any atom is -0.506 e. The standard InChI is InChI=1S/C17H14BrNO4/c18-14-3-1-2-10(17(14)22)8-19-12-4-5-13-11(6-16(20)21)9-23-15(13)7-12/h1-5,7-8,11,22H,6,9H2,(H,20,21)/b19-8+/t11-/m1/s1. The molecule has 5 nitrogen and oxygen atoms in total. The molecule has 0 aliphatic carbocycles. The van der Waals surface area contributed by atoms with E-state index < -0.39 is 5.97 Å². The van der Waals surface area contributed by atoms with E-state index in [1.54, 1.807) is 24.4 Å². The molecular weight excluding hydrogens is 362 g/mol. The number of carboxylic acid groups (broad SMARTS) is 1. The monoisotopic (exact) mass is 375 g/mol. The Hall–Kier alpha value is -2.34. The maximum absolute atomic E-state index is 10.8. The van der Waals surface area contributed by atoms with Gasteiger partial charge in [-0.15, -0.1) is 0 Å². The van der Waals surface area contributed by atoms with Crippen LogP contribution in [0.3, 0.4) is 0 Å². The number of hydrogen-bond acceptors (Lipinski definition) is 4. The Morgan fingerprint density at radius 2 is 2.22 bits per heavy atom. The molecule has 0 fully saturated rings. The van der Waals surface area contributed by atoms with Crippen LogP contribution in [-0.2, 0) is 4.79 Å². The number of carboxylic acids is 1. The number of nitrogens with zero attached hydrogens (tertiary/aromatic N) is 1. The fourth-order valence-corrected chi connectivity index (χ4v) is 2.89. The lowest BCUT2D eigenvalue weighted by Crippen LogP contribution is -2.07. The van der Waals surface area contributed by atoms with Crippen LogP contribution in [0.15, 0.2) is 45.9 Å². The van der Waals surface area contributed by atoms with Gasteiger partial charge in [0.25, 0.3) is 0 Å². The lowest BCUT2D eigenvalue weighted by Gasteiger charge is -2.05. The molecule has 6 heteroatoms. The molecule has 1 heterocycles. The van der Waals surface area contributed by atoms with Gasteiger partial charge in [-0.25, -0.2) is 0 Å². The maximum Gasteiger partial charge on any atom is 0.304 e. The van der Waals surface area contributed by atoms with Crippen molar-refractivity contribution in [1.82, 2.24) is 0 Å². The Labute approximate surface area is 141 Å². The lowest BCUT2D eigenvalue weighted by atomic mass is 9.98. The van der Waals surface area contributed by atoms with Crippen LogP contribution in [0.25, 0.3) is 0 Å². The topological polar surface area (TPSA) is 79.1 Å². The number of phenolic OH excluding ortho intramolecular Hbond substituents is 1. The third kappa shape index (κ3) is 3.37. The van der Waals surface area contributed by atoms with E-state index in [1.807, 2.05) is 18.2 Å². The molecular formula is C17H14BrNO4. The van der Waals surface area contributed by atoms with Crippen molar-refractivity contribution in [3.63, 3.8) is 0 Å². The van der Waals surface area contributed by atoms with Crippen molar-refractivity contribution in [2.24, 2.45) is 4.99 Å². The minimum absolute atomic E-state index is 0.0571. The summed E-state index contributed by atoms with van der Waals surface area (Å²) in [6, 6.07) is 10.8. The summed E-state index contributed by atoms with van der Waals surface area (Å²) >= 11 is 3.26. The number of aliphatic carboxylic acids is 1. The van der Waals surface area contributed by atoms with Crippen molar-refractivity contribution >= 4 is 33.8 Å². The summed E-state index contributed by atoms with van der Waals surface area (Å²) < 4.78 is 6.16. The summed E-state index contributed by atoms with van der Waals surface area (Å²) in [5.41, 5.74) is 2.18. The summed E-state index contributed by atoms with van der Waals surface area (Å²) in [5, 5.41) is 18.8. The van der Waals surface area contributed by atoms with Crippen LogP contribution >= 0.6 is 15.9 Å². The Morgan fingerprint density at radius 1 is 1.39 bits per heavy atom. The van der Waals surface area contributed by atoms with Crippen LogP contribution in [-0.4, -0.2) is 29.0 Å². The Bertz CT molecular complexity index is 788. The molecule has 3 rings (SSSR count). The number of rotatable bonds is 4. The van der Waals surface area contributed by atoms with Crippen molar-refractivity contribution in [2.45, 2.75) is 12.3 Å². The molecule has 2 aromatic rings. The Balaban J connectivity index is 1.82. The Morgan fingerprint density at radius 3 is 3.00 bits per heavy atom. The van der Waals surface area contributed by atoms with E-state index in [0.717, 1.165) is 5.56 Å². The first-order valence-corrected chi connectivity index (χ1v) is 7.84. The predicted molar refractivity (Wildman–Crippen MR) is 90.0 cm³/mol. The van der Waals surface area contributed by atoms with Gasteiger partial charge in [-0.3, -0.25) is 9.79 Å². The van der Waals surface area contributed by atoms with Gasteiger partial charge < -0.3 is 14.9 Å². The fraction of sp³-hybridized carbons (Fsp3) is 0.176. The molecule has 0 amide bonds. The van der Waals surface area contributed by atoms with Gasteiger partial charge in [-0.1, -0.05) is 12.1 Å². The highest BCUT2D eigenvalue weighted by molar-refractivity contribution is 9.10. The molecule has 118 valence electrons. The molecule has 23 heavy (non-hydrogen) atoms. The number of halogens is 1. The number of phenols is 1. The number of para-hydroxylation sites is 1. The summed E-state index contributed by atoms with van der Waals surface area (Å²) in [6.45, 7) is 0.376. The minimum atomic E-state index is -0.835. The lowest BCUT2D eigenvalue weighted by molar-refractivity contribution is -0.137. The second-order valence-corrected chi connectivity index (χ2v) is 6.12. The largest absolute Gasteiger partial charge is 0.506 e. The molecule has 0 saturated heterocycles. The van der Waals surface area contributed by atoms with E-state index in [2.05, 4.69) is 20.9 Å². The zero-order valence-electron chi connectivity index (χ0n) is 12.1. The number of carbonyl (C=O) groups is 1. The normalized spacial score (nSPS) is 16.3. The molecule has 0 radical (unpaired) electrons. The third-order valence-electron chi connectivity index (χ3n) is 3.67. The number of hydrogen-bond donors (Lipinski definition) is 2. The van der Waals surface area contributed by atoms with Crippen molar-refractivity contribution < 1.29 is 19.7 Å². The maximum atomic E-state index is 10.8. The van der Waals surface area contributed by atoms with Crippen molar-refractivity contribution in [3.8, 4) is 11.5 Å². The van der Waals surface area contributed by atoms with E-state index >= 15 is 0 Å². The SMILES string of the molecule is O=C(O)C[C@@H]1COc2cc(/N=C/c3cccc(Br)c3O)ccc21. The first kappa shape index (κ1) is 15.6. The van der Waals surface area contributed by atoms with Crippen LogP contribution in [0.1, 0.15) is 23.5 Å². The summed E-state index contributed by atoms with van der Waals surface area (Å²) in [5.74, 6) is -0.145. The summed E-state index contributed by atoms with van der Waals surface area (Å²) in [7, 11) is 0. The average Bonchev–Trinajstić information content (AvgIpc) is 2.90. The molecule has 0 unspecified atom stereocenters. The molecule has 0 aromatic heterocycles. The Kier molecular flexibility index (Phi) is 4.34. The van der Waals surface area contributed by atoms with E-state index in [-0.39, 0.29) is 18.1 Å². The van der Waals surface area contributed by atoms with Gasteiger partial charge >= 0.3 is 5.97 Å². The molecule has 2 N–H and O–H groups in total. The van der Waals surface area contributed by atoms with Crippen LogP contribution in [0, 0.1) is 0 Å². The van der Waals surface area contributed by atoms with Crippen LogP contribution < -0.4 is 4.74 Å². The number of ether oxygens (including phenoxy) is 1. The van der Waals surface area contributed by atoms with Gasteiger partial charge in [0.2, 0.25) is 0 Å². The van der Waals surface area contributed by atoms with E-state index in [4.69, 9.17) is 9.84 Å². The summed E-state index contributed by atoms with van der Waals surface area (Å²) in [4.78, 5) is 15.2. The second kappa shape index (κ2) is 6.42. The first-order valence-electron chi connectivity index (χ1n) is 7.04. The number of aromatic hydroxyl groups is 1. The van der Waals surface area contributed by atoms with Gasteiger partial charge in [0.15, 0.2) is 0 Å². The van der Waals surface area contributed by atoms with Crippen LogP contribution in [0.2, 0.25) is 0 Å². The third-order valence-corrected chi connectivity index (χ3v) is 4.31. The number of fused-ring (bicyclic) bond motifs is 1. The zero-order chi connectivity index (χ0) is 16.4. The highest BCUT2D eigenvalue weighted by Gasteiger charge is 2.26. The fourth-order valence-electron chi connectivity index (χ4n) is 2.51. The van der Waals surface area contributed by atoms with Gasteiger partial charge in [-0.2, -0.15) is 0 Å². The predicted octanol–water partition coefficient (Wildman–Crippen LogP) is 3.86. The van der Waals surface area contributed by atoms with E-state index in [1.165, 1.54) is 0 Å². The second-order valence-electron chi connectivity index (χ2n) is 5.26. The first-order chi connectivity index (χ1) is 11.0. The highest BCUT2D eigenvalue weighted by Crippen LogP contribution is 2.38. The quantitative estimate of drug-likeness (QED) is 0.795. The average molecular weight is 376 g/mol. The van der Waals surface area contributed by atoms with Gasteiger partial charge in [0.1, 0.15) is 11.5 Å². The van der Waals surface area contributed by atoms with E-state index in [9.17, 15) is 9.90 Å². The van der Waals surface area contributed by atoms with Crippen LogP contribution in [0.5, 0.6) is 11.5 Å². The van der Waals surface area contributed by atoms with Crippen molar-refractivity contribution in [3.05, 3.63) is 52.0 Å². The van der Waals surface area contributed by atoms with Crippen LogP contribution in [0.4, 0.5) is 5.69 Å². The number of aliphatic imine (C=N–C) groups is 1. The highest BCUT2D eigenvalue weighted by atomic mass is 79.9. The number of benzene rings is 2. The molecule has 2 aromatic carbocycles. The van der Waals surface area contributed by atoms with Crippen molar-refractivity contribution in [1.29, 1.82) is 0 Å². The van der Waals surface area contributed by atoms with Gasteiger partial charge in [-0.05, 0) is 34.1 Å². The molecule has 0 bridgehead atoms. The van der Waals surface area contributed by atoms with Gasteiger partial charge in [0.05, 0.1) is 23.2 Å². The van der Waals surface area contributed by atoms with Gasteiger partial charge in [0, 0.05) is 29.3 Å². The molecule has 1 aliphatic rings. The van der Waals surface area contributed by atoms with E-state index in [0.29, 0.717) is 28.1 Å². The summed E-state index contributed by atoms with van der Waals surface area (Å²) in [6.07, 6.45) is 1.63. The molecule has 0 spiro atoms. The molecule has 1 atom stereocenters. The zero-order valence-corrected chi connectivity index (χ0v) is 13.7. The smallest absolute Gasteiger partial charge is 0.304 e. The van der Waals surface area contributed by atoms with Crippen molar-refractivity contribution in [2.75, 3.05) is 6.61 Å². The molecule has 1 aliphatic heterocycles.